The van der Waals surface area contributed by atoms with Gasteiger partial charge in [-0.3, -0.25) is 9.59 Å². The third-order valence-corrected chi connectivity index (χ3v) is 3.99. The zero-order valence-corrected chi connectivity index (χ0v) is 15.4. The van der Waals surface area contributed by atoms with Crippen molar-refractivity contribution in [3.8, 4) is 5.75 Å². The van der Waals surface area contributed by atoms with Crippen LogP contribution in [0.4, 0.5) is 4.39 Å². The third kappa shape index (κ3) is 5.73. The van der Waals surface area contributed by atoms with Crippen LogP contribution in [0.2, 0.25) is 0 Å². The minimum absolute atomic E-state index is 0.0187. The number of ether oxygens (including phenoxy) is 1. The highest BCUT2D eigenvalue weighted by Crippen LogP contribution is 2.25. The predicted octanol–water partition coefficient (Wildman–Crippen LogP) is 1.65. The largest absolute Gasteiger partial charge is 0.478 e. The monoisotopic (exact) mass is 382 g/mol. The van der Waals surface area contributed by atoms with Crippen LogP contribution in [0.15, 0.2) is 33.9 Å². The van der Waals surface area contributed by atoms with Crippen LogP contribution < -0.4 is 10.1 Å². The van der Waals surface area contributed by atoms with Gasteiger partial charge in [-0.15, -0.1) is 10.2 Å². The molecular weight excluding hydrogens is 363 g/mol. The Hall–Kier alpha value is -2.62. The quantitative estimate of drug-likeness (QED) is 0.693. The maximum absolute atomic E-state index is 13.6. The van der Waals surface area contributed by atoms with Gasteiger partial charge in [0.2, 0.25) is 11.8 Å². The van der Waals surface area contributed by atoms with Crippen molar-refractivity contribution in [3.05, 3.63) is 36.0 Å². The van der Waals surface area contributed by atoms with Crippen molar-refractivity contribution in [2.75, 3.05) is 26.4 Å². The second-order valence-electron chi connectivity index (χ2n) is 5.45. The van der Waals surface area contributed by atoms with Gasteiger partial charge in [0.1, 0.15) is 0 Å². The molecule has 0 fully saturated rings. The number of carbonyl (C=O) groups excluding carboxylic acids is 2. The highest BCUT2D eigenvalue weighted by molar-refractivity contribution is 7.99. The number of halogens is 1. The summed E-state index contributed by atoms with van der Waals surface area (Å²) in [7, 11) is 3.21. The van der Waals surface area contributed by atoms with E-state index in [4.69, 9.17) is 9.15 Å². The lowest BCUT2D eigenvalue weighted by molar-refractivity contribution is -0.130. The average molecular weight is 382 g/mol. The summed E-state index contributed by atoms with van der Waals surface area (Å²) in [5.74, 6) is -0.762. The number of thioether (sulfide) groups is 1. The zero-order chi connectivity index (χ0) is 19.1. The molecule has 1 N–H and O–H groups in total. The summed E-state index contributed by atoms with van der Waals surface area (Å²) in [5, 5.41) is 10.3. The minimum atomic E-state index is -0.653. The Kier molecular flexibility index (Phi) is 6.96. The molecule has 1 atom stereocenters. The van der Waals surface area contributed by atoms with E-state index in [-0.39, 0.29) is 41.0 Å². The van der Waals surface area contributed by atoms with E-state index in [0.29, 0.717) is 0 Å². The number of amides is 2. The maximum atomic E-state index is 13.6. The fourth-order valence-corrected chi connectivity index (χ4v) is 2.33. The number of para-hydroxylation sites is 1. The Morgan fingerprint density at radius 2 is 2.08 bits per heavy atom. The molecule has 2 rings (SSSR count). The zero-order valence-electron chi connectivity index (χ0n) is 14.6. The number of aromatic nitrogens is 2. The van der Waals surface area contributed by atoms with Gasteiger partial charge in [-0.1, -0.05) is 23.9 Å². The van der Waals surface area contributed by atoms with E-state index in [1.807, 2.05) is 0 Å². The van der Waals surface area contributed by atoms with Crippen molar-refractivity contribution in [1.29, 1.82) is 0 Å². The van der Waals surface area contributed by atoms with Crippen LogP contribution >= 0.6 is 11.8 Å². The summed E-state index contributed by atoms with van der Waals surface area (Å²) >= 11 is 1.03. The molecule has 0 saturated carbocycles. The number of rotatable bonds is 8. The van der Waals surface area contributed by atoms with Gasteiger partial charge < -0.3 is 19.4 Å². The summed E-state index contributed by atoms with van der Waals surface area (Å²) in [6, 6.07) is 6.00. The molecule has 2 amide bonds. The molecule has 10 heteroatoms. The third-order valence-electron chi connectivity index (χ3n) is 3.17. The molecule has 0 radical (unpaired) electrons. The van der Waals surface area contributed by atoms with Crippen molar-refractivity contribution in [2.24, 2.45) is 0 Å². The molecule has 0 aliphatic heterocycles. The van der Waals surface area contributed by atoms with Crippen molar-refractivity contribution in [1.82, 2.24) is 20.4 Å². The normalized spacial score (nSPS) is 11.7. The second kappa shape index (κ2) is 9.18. The molecule has 0 unspecified atom stereocenters. The number of hydrogen-bond donors (Lipinski definition) is 1. The van der Waals surface area contributed by atoms with Crippen LogP contribution in [-0.4, -0.2) is 53.3 Å². The lowest BCUT2D eigenvalue weighted by atomic mass is 10.3. The number of carbonyl (C=O) groups is 2. The van der Waals surface area contributed by atoms with E-state index in [9.17, 15) is 14.0 Å². The molecule has 1 heterocycles. The second-order valence-corrected chi connectivity index (χ2v) is 6.38. The SMILES string of the molecule is C[C@H](Oc1ccccc1F)c1nnc(SCC(=O)NCC(=O)N(C)C)o1. The number of likely N-dealkylation sites (N-methyl/N-ethyl adjacent to an activating group) is 1. The number of nitrogens with zero attached hydrogens (tertiary/aromatic N) is 3. The molecule has 0 saturated heterocycles. The molecule has 26 heavy (non-hydrogen) atoms. The van der Waals surface area contributed by atoms with E-state index in [0.717, 1.165) is 11.8 Å². The number of hydrogen-bond acceptors (Lipinski definition) is 7. The van der Waals surface area contributed by atoms with E-state index >= 15 is 0 Å². The van der Waals surface area contributed by atoms with Gasteiger partial charge in [0, 0.05) is 14.1 Å². The smallest absolute Gasteiger partial charge is 0.277 e. The van der Waals surface area contributed by atoms with Gasteiger partial charge in [0.15, 0.2) is 17.7 Å². The first-order valence-corrected chi connectivity index (χ1v) is 8.69. The fourth-order valence-electron chi connectivity index (χ4n) is 1.73. The molecule has 8 nitrogen and oxygen atoms in total. The Balaban J connectivity index is 1.82. The number of nitrogens with one attached hydrogen (secondary N) is 1. The standard InChI is InChI=1S/C16H19FN4O4S/c1-10(24-12-7-5-4-6-11(12)17)15-19-20-16(25-15)26-9-13(22)18-8-14(23)21(2)3/h4-7,10H,8-9H2,1-3H3,(H,18,22)/t10-/m0/s1. The fraction of sp³-hybridized carbons (Fsp3) is 0.375. The first kappa shape index (κ1) is 19.7. The van der Waals surface area contributed by atoms with Crippen LogP contribution in [-0.2, 0) is 9.59 Å². The van der Waals surface area contributed by atoms with Crippen molar-refractivity contribution in [3.63, 3.8) is 0 Å². The summed E-state index contributed by atoms with van der Waals surface area (Å²) < 4.78 is 24.5. The van der Waals surface area contributed by atoms with Crippen LogP contribution in [0, 0.1) is 5.82 Å². The highest BCUT2D eigenvalue weighted by atomic mass is 32.2. The van der Waals surface area contributed by atoms with Crippen LogP contribution in [0.3, 0.4) is 0 Å². The van der Waals surface area contributed by atoms with Gasteiger partial charge in [-0.05, 0) is 19.1 Å². The summed E-state index contributed by atoms with van der Waals surface area (Å²) in [4.78, 5) is 24.5. The van der Waals surface area contributed by atoms with Crippen molar-refractivity contribution in [2.45, 2.75) is 18.3 Å². The average Bonchev–Trinajstić information content (AvgIpc) is 3.08. The van der Waals surface area contributed by atoms with Crippen LogP contribution in [0.1, 0.15) is 18.9 Å². The van der Waals surface area contributed by atoms with Gasteiger partial charge >= 0.3 is 0 Å². The highest BCUT2D eigenvalue weighted by Gasteiger charge is 2.18. The van der Waals surface area contributed by atoms with Gasteiger partial charge in [-0.2, -0.15) is 0 Å². The predicted molar refractivity (Wildman–Crippen MR) is 92.2 cm³/mol. The molecule has 0 aliphatic carbocycles. The minimum Gasteiger partial charge on any atom is -0.478 e. The molecule has 0 spiro atoms. The molecule has 0 bridgehead atoms. The van der Waals surface area contributed by atoms with E-state index in [1.54, 1.807) is 33.2 Å². The van der Waals surface area contributed by atoms with Gasteiger partial charge in [-0.25, -0.2) is 4.39 Å². The molecule has 140 valence electrons. The molecule has 1 aromatic heterocycles. The molecule has 2 aromatic rings. The van der Waals surface area contributed by atoms with Crippen LogP contribution in [0.25, 0.3) is 0 Å². The van der Waals surface area contributed by atoms with Crippen LogP contribution in [0.5, 0.6) is 5.75 Å². The first-order valence-electron chi connectivity index (χ1n) is 7.71. The van der Waals surface area contributed by atoms with Gasteiger partial charge in [0.05, 0.1) is 12.3 Å². The first-order chi connectivity index (χ1) is 12.4. The Morgan fingerprint density at radius 1 is 1.35 bits per heavy atom. The van der Waals surface area contributed by atoms with E-state index in [2.05, 4.69) is 15.5 Å². The molecule has 0 aliphatic rings. The van der Waals surface area contributed by atoms with Crippen molar-refractivity contribution >= 4 is 23.6 Å². The van der Waals surface area contributed by atoms with E-state index < -0.39 is 11.9 Å². The summed E-state index contributed by atoms with van der Waals surface area (Å²) in [6.07, 6.45) is -0.653. The lowest BCUT2D eigenvalue weighted by Crippen LogP contribution is -2.36. The topological polar surface area (TPSA) is 97.6 Å². The Bertz CT molecular complexity index is 768. The Labute approximate surface area is 154 Å². The number of benzene rings is 1. The Morgan fingerprint density at radius 3 is 2.77 bits per heavy atom. The molecule has 1 aromatic carbocycles. The summed E-state index contributed by atoms with van der Waals surface area (Å²) in [6.45, 7) is 1.57. The van der Waals surface area contributed by atoms with Crippen molar-refractivity contribution < 1.29 is 23.1 Å². The summed E-state index contributed by atoms with van der Waals surface area (Å²) in [5.41, 5.74) is 0. The lowest BCUT2D eigenvalue weighted by Gasteiger charge is -2.11. The van der Waals surface area contributed by atoms with E-state index in [1.165, 1.54) is 17.0 Å². The van der Waals surface area contributed by atoms with Gasteiger partial charge in [0.25, 0.3) is 11.1 Å². The molecular formula is C16H19FN4O4S. The maximum Gasteiger partial charge on any atom is 0.277 e.